The smallest absolute Gasteiger partial charge is 0.255 e. The van der Waals surface area contributed by atoms with Crippen LogP contribution in [0.1, 0.15) is 32.6 Å². The predicted molar refractivity (Wildman–Crippen MR) is 130 cm³/mol. The Kier molecular flexibility index (Phi) is 6.52. The molecule has 0 unspecified atom stereocenters. The molecule has 164 valence electrons. The molecule has 0 atom stereocenters. The molecule has 6 heteroatoms. The summed E-state index contributed by atoms with van der Waals surface area (Å²) in [6.07, 6.45) is 0. The number of anilines is 2. The highest BCUT2D eigenvalue weighted by atomic mass is 16.5. The number of nitrogens with one attached hydrogen (secondary N) is 2. The second-order valence-electron chi connectivity index (χ2n) is 7.81. The SMILES string of the molecule is Cc1cc(C(=O)Nc2ccc3c(c2)C(c2ccccc2)=NCCN3)cc(C)c1OCCN. The third-order valence-corrected chi connectivity index (χ3v) is 5.36. The molecule has 3 aromatic rings. The molecule has 32 heavy (non-hydrogen) atoms. The fraction of sp³-hybridized carbons (Fsp3) is 0.231. The predicted octanol–water partition coefficient (Wildman–Crippen LogP) is 4.16. The number of amides is 1. The van der Waals surface area contributed by atoms with Crippen LogP contribution in [-0.4, -0.2) is 37.9 Å². The molecule has 1 aliphatic heterocycles. The summed E-state index contributed by atoms with van der Waals surface area (Å²) in [5, 5.41) is 6.46. The van der Waals surface area contributed by atoms with Crippen molar-refractivity contribution in [1.29, 1.82) is 0 Å². The lowest BCUT2D eigenvalue weighted by Crippen LogP contribution is -2.15. The molecule has 0 radical (unpaired) electrons. The minimum atomic E-state index is -0.165. The van der Waals surface area contributed by atoms with Crippen molar-refractivity contribution in [2.45, 2.75) is 13.8 Å². The number of fused-ring (bicyclic) bond motifs is 1. The monoisotopic (exact) mass is 428 g/mol. The summed E-state index contributed by atoms with van der Waals surface area (Å²) in [6, 6.07) is 19.7. The van der Waals surface area contributed by atoms with Gasteiger partial charge in [-0.05, 0) is 55.3 Å². The maximum Gasteiger partial charge on any atom is 0.255 e. The van der Waals surface area contributed by atoms with Crippen LogP contribution in [0.25, 0.3) is 0 Å². The molecule has 1 amide bonds. The number of benzene rings is 3. The Bertz CT molecular complexity index is 1130. The van der Waals surface area contributed by atoms with Crippen LogP contribution in [0.15, 0.2) is 65.7 Å². The van der Waals surface area contributed by atoms with Gasteiger partial charge in [-0.3, -0.25) is 9.79 Å². The van der Waals surface area contributed by atoms with Crippen molar-refractivity contribution in [3.05, 3.63) is 88.5 Å². The number of nitrogens with zero attached hydrogens (tertiary/aromatic N) is 1. The fourth-order valence-electron chi connectivity index (χ4n) is 3.93. The van der Waals surface area contributed by atoms with E-state index >= 15 is 0 Å². The van der Waals surface area contributed by atoms with Crippen LogP contribution < -0.4 is 21.1 Å². The molecule has 0 saturated heterocycles. The number of hydrogen-bond acceptors (Lipinski definition) is 5. The van der Waals surface area contributed by atoms with E-state index in [4.69, 9.17) is 15.5 Å². The molecule has 0 spiro atoms. The van der Waals surface area contributed by atoms with E-state index in [1.165, 1.54) is 0 Å². The summed E-state index contributed by atoms with van der Waals surface area (Å²) in [4.78, 5) is 17.8. The lowest BCUT2D eigenvalue weighted by Gasteiger charge is -2.15. The highest BCUT2D eigenvalue weighted by Crippen LogP contribution is 2.28. The molecule has 1 aliphatic rings. The van der Waals surface area contributed by atoms with E-state index in [9.17, 15) is 4.79 Å². The van der Waals surface area contributed by atoms with Gasteiger partial charge in [0, 0.05) is 41.2 Å². The summed E-state index contributed by atoms with van der Waals surface area (Å²) >= 11 is 0. The van der Waals surface area contributed by atoms with Gasteiger partial charge in [0.15, 0.2) is 0 Å². The molecule has 0 saturated carbocycles. The highest BCUT2D eigenvalue weighted by molar-refractivity contribution is 6.17. The van der Waals surface area contributed by atoms with Gasteiger partial charge in [-0.15, -0.1) is 0 Å². The minimum absolute atomic E-state index is 0.165. The largest absolute Gasteiger partial charge is 0.492 e. The lowest BCUT2D eigenvalue weighted by molar-refractivity contribution is 0.102. The zero-order chi connectivity index (χ0) is 22.5. The number of benzodiazepines with no additional fused rings is 1. The van der Waals surface area contributed by atoms with Crippen LogP contribution in [0, 0.1) is 13.8 Å². The van der Waals surface area contributed by atoms with Crippen molar-refractivity contribution in [1.82, 2.24) is 0 Å². The number of aryl methyl sites for hydroxylation is 2. The molecule has 3 aromatic carbocycles. The molecule has 0 aromatic heterocycles. The fourth-order valence-corrected chi connectivity index (χ4v) is 3.93. The first-order valence-corrected chi connectivity index (χ1v) is 10.8. The number of hydrogen-bond donors (Lipinski definition) is 3. The zero-order valence-electron chi connectivity index (χ0n) is 18.4. The maximum absolute atomic E-state index is 13.0. The van der Waals surface area contributed by atoms with Crippen molar-refractivity contribution >= 4 is 23.0 Å². The molecule has 0 fully saturated rings. The van der Waals surface area contributed by atoms with E-state index in [0.717, 1.165) is 51.6 Å². The van der Waals surface area contributed by atoms with E-state index in [0.29, 0.717) is 25.3 Å². The number of nitrogens with two attached hydrogens (primary N) is 1. The van der Waals surface area contributed by atoms with Crippen molar-refractivity contribution in [2.75, 3.05) is 36.9 Å². The van der Waals surface area contributed by atoms with Gasteiger partial charge in [0.25, 0.3) is 5.91 Å². The lowest BCUT2D eigenvalue weighted by atomic mass is 9.99. The van der Waals surface area contributed by atoms with Gasteiger partial charge in [-0.25, -0.2) is 0 Å². The Morgan fingerprint density at radius 3 is 2.56 bits per heavy atom. The summed E-state index contributed by atoms with van der Waals surface area (Å²) < 4.78 is 5.72. The number of aliphatic imine (C=N–C) groups is 1. The number of carbonyl (C=O) groups excluding carboxylic acids is 1. The Labute approximate surface area is 188 Å². The van der Waals surface area contributed by atoms with Crippen LogP contribution in [0.2, 0.25) is 0 Å². The quantitative estimate of drug-likeness (QED) is 0.550. The van der Waals surface area contributed by atoms with E-state index in [1.54, 1.807) is 0 Å². The summed E-state index contributed by atoms with van der Waals surface area (Å²) in [5.74, 6) is 0.619. The van der Waals surface area contributed by atoms with Crippen molar-refractivity contribution in [3.63, 3.8) is 0 Å². The van der Waals surface area contributed by atoms with Gasteiger partial charge in [-0.1, -0.05) is 30.3 Å². The van der Waals surface area contributed by atoms with Gasteiger partial charge in [0.05, 0.1) is 12.3 Å². The van der Waals surface area contributed by atoms with Gasteiger partial charge >= 0.3 is 0 Å². The molecule has 6 nitrogen and oxygen atoms in total. The Hall–Kier alpha value is -3.64. The second-order valence-corrected chi connectivity index (χ2v) is 7.81. The maximum atomic E-state index is 13.0. The van der Waals surface area contributed by atoms with Crippen LogP contribution >= 0.6 is 0 Å². The zero-order valence-corrected chi connectivity index (χ0v) is 18.4. The molecule has 4 N–H and O–H groups in total. The standard InChI is InChI=1S/C26H28N4O2/c1-17-14-20(15-18(2)25(17)32-13-10-27)26(31)30-21-8-9-23-22(16-21)24(29-12-11-28-23)19-6-4-3-5-7-19/h3-9,14-16,28H,10-13,27H2,1-2H3,(H,30,31). The van der Waals surface area contributed by atoms with Crippen molar-refractivity contribution < 1.29 is 9.53 Å². The Balaban J connectivity index is 1.61. The van der Waals surface area contributed by atoms with Crippen molar-refractivity contribution in [2.24, 2.45) is 10.7 Å². The normalized spacial score (nSPS) is 12.8. The van der Waals surface area contributed by atoms with Crippen LogP contribution in [-0.2, 0) is 0 Å². The van der Waals surface area contributed by atoms with Gasteiger partial charge < -0.3 is 21.1 Å². The Morgan fingerprint density at radius 1 is 1.09 bits per heavy atom. The van der Waals surface area contributed by atoms with Gasteiger partial charge in [0.1, 0.15) is 12.4 Å². The third-order valence-electron chi connectivity index (χ3n) is 5.36. The highest BCUT2D eigenvalue weighted by Gasteiger charge is 2.17. The minimum Gasteiger partial charge on any atom is -0.492 e. The van der Waals surface area contributed by atoms with Gasteiger partial charge in [-0.2, -0.15) is 0 Å². The third kappa shape index (κ3) is 4.65. The topological polar surface area (TPSA) is 88.7 Å². The molecule has 1 heterocycles. The van der Waals surface area contributed by atoms with Gasteiger partial charge in [0.2, 0.25) is 0 Å². The van der Waals surface area contributed by atoms with E-state index in [1.807, 2.05) is 62.4 Å². The van der Waals surface area contributed by atoms with E-state index in [-0.39, 0.29) is 5.91 Å². The summed E-state index contributed by atoms with van der Waals surface area (Å²) in [6.45, 7) is 6.23. The number of rotatable bonds is 6. The van der Waals surface area contributed by atoms with E-state index < -0.39 is 0 Å². The first-order chi connectivity index (χ1) is 15.6. The van der Waals surface area contributed by atoms with Crippen LogP contribution in [0.4, 0.5) is 11.4 Å². The molecule has 4 rings (SSSR count). The first kappa shape index (κ1) is 21.6. The van der Waals surface area contributed by atoms with E-state index in [2.05, 4.69) is 22.8 Å². The first-order valence-electron chi connectivity index (χ1n) is 10.8. The van der Waals surface area contributed by atoms with Crippen LogP contribution in [0.3, 0.4) is 0 Å². The van der Waals surface area contributed by atoms with Crippen molar-refractivity contribution in [3.8, 4) is 5.75 Å². The molecular formula is C26H28N4O2. The number of ether oxygens (including phenoxy) is 1. The summed E-state index contributed by atoms with van der Waals surface area (Å²) in [5.41, 5.74) is 12.6. The Morgan fingerprint density at radius 2 is 1.84 bits per heavy atom. The average Bonchev–Trinajstić information content (AvgIpc) is 3.01. The second kappa shape index (κ2) is 9.66. The van der Waals surface area contributed by atoms with Crippen LogP contribution in [0.5, 0.6) is 5.75 Å². The average molecular weight is 429 g/mol. The molecule has 0 aliphatic carbocycles. The summed E-state index contributed by atoms with van der Waals surface area (Å²) in [7, 11) is 0. The molecular weight excluding hydrogens is 400 g/mol. The number of carbonyl (C=O) groups is 1. The molecule has 0 bridgehead atoms.